The number of carbonyl (C=O) groups excluding carboxylic acids is 1. The van der Waals surface area contributed by atoms with Crippen molar-refractivity contribution in [2.24, 2.45) is 0 Å². The summed E-state index contributed by atoms with van der Waals surface area (Å²) >= 11 is 0. The molecule has 1 aromatic carbocycles. The first-order chi connectivity index (χ1) is 11.7. The summed E-state index contributed by atoms with van der Waals surface area (Å²) in [6.45, 7) is 1.30. The third-order valence-corrected chi connectivity index (χ3v) is 3.93. The van der Waals surface area contributed by atoms with Gasteiger partial charge in [-0.25, -0.2) is 9.37 Å². The Labute approximate surface area is 164 Å². The predicted molar refractivity (Wildman–Crippen MR) is 103 cm³/mol. The maximum atomic E-state index is 13.3. The van der Waals surface area contributed by atoms with Crippen molar-refractivity contribution in [3.8, 4) is 11.6 Å². The molecule has 1 atom stereocenters. The van der Waals surface area contributed by atoms with Crippen LogP contribution in [0.15, 0.2) is 42.6 Å². The highest BCUT2D eigenvalue weighted by atomic mass is 35.5. The molecule has 2 N–H and O–H groups in total. The topological polar surface area (TPSA) is 63.2 Å². The molecule has 1 aromatic heterocycles. The molecule has 1 amide bonds. The van der Waals surface area contributed by atoms with Crippen LogP contribution in [0.2, 0.25) is 0 Å². The van der Waals surface area contributed by atoms with E-state index in [0.717, 1.165) is 24.9 Å². The molecular weight excluding hydrogens is 380 g/mol. The highest BCUT2D eigenvalue weighted by molar-refractivity contribution is 5.85. The standard InChI is InChI=1S/C18H20FN3O2.2ClH/c19-14-5-1-7-16(10-14)24-18-13(4-2-9-21-18)12-22-17(23)11-15-6-3-8-20-15;;/h1-2,4-5,7,9-10,15,20H,3,6,8,11-12H2,(H,22,23);2*1H. The third kappa shape index (κ3) is 6.44. The maximum absolute atomic E-state index is 13.3. The highest BCUT2D eigenvalue weighted by Crippen LogP contribution is 2.23. The number of hydrogen-bond donors (Lipinski definition) is 2. The summed E-state index contributed by atoms with van der Waals surface area (Å²) < 4.78 is 18.9. The van der Waals surface area contributed by atoms with Crippen LogP contribution in [0.4, 0.5) is 4.39 Å². The van der Waals surface area contributed by atoms with Gasteiger partial charge in [0.05, 0.1) is 0 Å². The lowest BCUT2D eigenvalue weighted by Crippen LogP contribution is -2.31. The van der Waals surface area contributed by atoms with Gasteiger partial charge in [-0.15, -0.1) is 24.8 Å². The Bertz CT molecular complexity index is 712. The molecule has 142 valence electrons. The maximum Gasteiger partial charge on any atom is 0.224 e. The Hall–Kier alpha value is -1.89. The number of pyridine rings is 1. The number of ether oxygens (including phenoxy) is 1. The van der Waals surface area contributed by atoms with Gasteiger partial charge in [-0.3, -0.25) is 4.79 Å². The van der Waals surface area contributed by atoms with Gasteiger partial charge in [0.25, 0.3) is 0 Å². The van der Waals surface area contributed by atoms with Gasteiger partial charge in [0.2, 0.25) is 11.8 Å². The molecule has 1 unspecified atom stereocenters. The van der Waals surface area contributed by atoms with E-state index < -0.39 is 0 Å². The van der Waals surface area contributed by atoms with Gasteiger partial charge in [0, 0.05) is 36.8 Å². The largest absolute Gasteiger partial charge is 0.439 e. The fraction of sp³-hybridized carbons (Fsp3) is 0.333. The van der Waals surface area contributed by atoms with E-state index in [0.29, 0.717) is 24.6 Å². The molecule has 3 rings (SSSR count). The molecule has 5 nitrogen and oxygen atoms in total. The average Bonchev–Trinajstić information content (AvgIpc) is 3.07. The number of nitrogens with one attached hydrogen (secondary N) is 2. The molecule has 26 heavy (non-hydrogen) atoms. The van der Waals surface area contributed by atoms with Gasteiger partial charge in [-0.2, -0.15) is 0 Å². The number of hydrogen-bond acceptors (Lipinski definition) is 4. The molecule has 1 saturated heterocycles. The Morgan fingerprint density at radius 3 is 2.88 bits per heavy atom. The van der Waals surface area contributed by atoms with Crippen LogP contribution < -0.4 is 15.4 Å². The van der Waals surface area contributed by atoms with E-state index in [1.165, 1.54) is 12.1 Å². The van der Waals surface area contributed by atoms with Crippen molar-refractivity contribution in [3.63, 3.8) is 0 Å². The van der Waals surface area contributed by atoms with E-state index in [4.69, 9.17) is 4.74 Å². The number of benzene rings is 1. The molecular formula is C18H22Cl2FN3O2. The lowest BCUT2D eigenvalue weighted by Gasteiger charge is -2.12. The molecule has 0 aliphatic carbocycles. The summed E-state index contributed by atoms with van der Waals surface area (Å²) in [6, 6.07) is 9.75. The molecule has 0 bridgehead atoms. The van der Waals surface area contributed by atoms with E-state index in [-0.39, 0.29) is 42.6 Å². The Balaban J connectivity index is 0.00000169. The average molecular weight is 402 g/mol. The van der Waals surface area contributed by atoms with Gasteiger partial charge in [-0.05, 0) is 37.6 Å². The zero-order chi connectivity index (χ0) is 16.8. The van der Waals surface area contributed by atoms with Gasteiger partial charge < -0.3 is 15.4 Å². The van der Waals surface area contributed by atoms with Gasteiger partial charge in [0.1, 0.15) is 11.6 Å². The number of nitrogens with zero attached hydrogens (tertiary/aromatic N) is 1. The van der Waals surface area contributed by atoms with Crippen LogP contribution in [0.25, 0.3) is 0 Å². The number of amides is 1. The van der Waals surface area contributed by atoms with E-state index in [9.17, 15) is 9.18 Å². The van der Waals surface area contributed by atoms with Crippen molar-refractivity contribution >= 4 is 30.7 Å². The van der Waals surface area contributed by atoms with Gasteiger partial charge in [-0.1, -0.05) is 12.1 Å². The number of carbonyl (C=O) groups is 1. The minimum absolute atomic E-state index is 0. The lowest BCUT2D eigenvalue weighted by atomic mass is 10.1. The third-order valence-electron chi connectivity index (χ3n) is 3.93. The second-order valence-corrected chi connectivity index (χ2v) is 5.80. The van der Waals surface area contributed by atoms with Crippen molar-refractivity contribution in [2.75, 3.05) is 6.54 Å². The smallest absolute Gasteiger partial charge is 0.224 e. The summed E-state index contributed by atoms with van der Waals surface area (Å²) in [5.74, 6) is 0.358. The highest BCUT2D eigenvalue weighted by Gasteiger charge is 2.17. The molecule has 0 saturated carbocycles. The zero-order valence-corrected chi connectivity index (χ0v) is 15.7. The first-order valence-corrected chi connectivity index (χ1v) is 8.08. The molecule has 2 aromatic rings. The Morgan fingerprint density at radius 1 is 1.31 bits per heavy atom. The first kappa shape index (κ1) is 22.2. The van der Waals surface area contributed by atoms with Gasteiger partial charge >= 0.3 is 0 Å². The quantitative estimate of drug-likeness (QED) is 0.775. The first-order valence-electron chi connectivity index (χ1n) is 8.08. The molecule has 1 aliphatic heterocycles. The molecule has 1 aliphatic rings. The van der Waals surface area contributed by atoms with Crippen molar-refractivity contribution in [3.05, 3.63) is 54.0 Å². The van der Waals surface area contributed by atoms with Crippen molar-refractivity contribution in [2.45, 2.75) is 31.8 Å². The minimum atomic E-state index is -0.373. The van der Waals surface area contributed by atoms with Crippen LogP contribution >= 0.6 is 24.8 Å². The Morgan fingerprint density at radius 2 is 2.15 bits per heavy atom. The van der Waals surface area contributed by atoms with E-state index in [2.05, 4.69) is 15.6 Å². The fourth-order valence-electron chi connectivity index (χ4n) is 2.71. The SMILES string of the molecule is Cl.Cl.O=C(CC1CCCN1)NCc1cccnc1Oc1cccc(F)c1. The summed E-state index contributed by atoms with van der Waals surface area (Å²) in [5, 5.41) is 6.19. The molecule has 0 spiro atoms. The summed E-state index contributed by atoms with van der Waals surface area (Å²) in [6.07, 6.45) is 4.23. The van der Waals surface area contributed by atoms with Crippen molar-refractivity contribution in [1.29, 1.82) is 0 Å². The van der Waals surface area contributed by atoms with Crippen molar-refractivity contribution < 1.29 is 13.9 Å². The van der Waals surface area contributed by atoms with Gasteiger partial charge in [0.15, 0.2) is 0 Å². The van der Waals surface area contributed by atoms with Crippen LogP contribution in [0, 0.1) is 5.82 Å². The second kappa shape index (κ2) is 11.0. The number of halogens is 3. The molecule has 0 radical (unpaired) electrons. The second-order valence-electron chi connectivity index (χ2n) is 5.80. The Kier molecular flexibility index (Phi) is 9.34. The van der Waals surface area contributed by atoms with Crippen LogP contribution in [0.3, 0.4) is 0 Å². The monoisotopic (exact) mass is 401 g/mol. The normalized spacial score (nSPS) is 15.5. The fourth-order valence-corrected chi connectivity index (χ4v) is 2.71. The minimum Gasteiger partial charge on any atom is -0.439 e. The lowest BCUT2D eigenvalue weighted by molar-refractivity contribution is -0.121. The summed E-state index contributed by atoms with van der Waals surface area (Å²) in [4.78, 5) is 16.2. The predicted octanol–water partition coefficient (Wildman–Crippen LogP) is 3.61. The van der Waals surface area contributed by atoms with E-state index in [1.54, 1.807) is 24.4 Å². The van der Waals surface area contributed by atoms with Crippen LogP contribution in [0.1, 0.15) is 24.8 Å². The summed E-state index contributed by atoms with van der Waals surface area (Å²) in [5.41, 5.74) is 0.745. The molecule has 8 heteroatoms. The number of aromatic nitrogens is 1. The molecule has 1 fully saturated rings. The van der Waals surface area contributed by atoms with Crippen LogP contribution in [-0.2, 0) is 11.3 Å². The van der Waals surface area contributed by atoms with Crippen LogP contribution in [0.5, 0.6) is 11.6 Å². The number of rotatable bonds is 6. The van der Waals surface area contributed by atoms with E-state index >= 15 is 0 Å². The zero-order valence-electron chi connectivity index (χ0n) is 14.1. The van der Waals surface area contributed by atoms with Crippen LogP contribution in [-0.4, -0.2) is 23.5 Å². The summed E-state index contributed by atoms with van der Waals surface area (Å²) in [7, 11) is 0. The van der Waals surface area contributed by atoms with E-state index in [1.807, 2.05) is 6.07 Å². The van der Waals surface area contributed by atoms with Crippen molar-refractivity contribution in [1.82, 2.24) is 15.6 Å². The molecule has 2 heterocycles.